The lowest BCUT2D eigenvalue weighted by molar-refractivity contribution is 0.172. The second kappa shape index (κ2) is 7.98. The monoisotopic (exact) mass is 377 g/mol. The number of benzene rings is 1. The molecule has 146 valence electrons. The maximum atomic E-state index is 5.99. The third-order valence-electron chi connectivity index (χ3n) is 5.40. The van der Waals surface area contributed by atoms with Gasteiger partial charge in [-0.1, -0.05) is 18.2 Å². The van der Waals surface area contributed by atoms with Crippen LogP contribution in [0.15, 0.2) is 48.7 Å². The number of aromatic nitrogens is 4. The third-order valence-corrected chi connectivity index (χ3v) is 5.40. The van der Waals surface area contributed by atoms with E-state index in [4.69, 9.17) is 5.73 Å². The average molecular weight is 377 g/mol. The summed E-state index contributed by atoms with van der Waals surface area (Å²) in [6.45, 7) is 6.90. The highest BCUT2D eigenvalue weighted by molar-refractivity contribution is 5.55. The molecule has 7 nitrogen and oxygen atoms in total. The molecule has 3 heterocycles. The zero-order chi connectivity index (χ0) is 19.5. The Bertz CT molecular complexity index is 894. The Balaban J connectivity index is 1.42. The van der Waals surface area contributed by atoms with Gasteiger partial charge in [0, 0.05) is 17.9 Å². The molecule has 1 aromatic carbocycles. The van der Waals surface area contributed by atoms with E-state index in [0.29, 0.717) is 29.7 Å². The van der Waals surface area contributed by atoms with Crippen molar-refractivity contribution < 1.29 is 0 Å². The molecule has 0 amide bonds. The molecular formula is C21H27N7. The fourth-order valence-corrected chi connectivity index (χ4v) is 3.74. The predicted octanol–water partition coefficient (Wildman–Crippen LogP) is 3.58. The van der Waals surface area contributed by atoms with Gasteiger partial charge in [0.2, 0.25) is 11.9 Å². The molecule has 0 radical (unpaired) electrons. The second-order valence-electron chi connectivity index (χ2n) is 7.54. The number of nitrogen functional groups attached to an aromatic ring is 1. The lowest BCUT2D eigenvalue weighted by Gasteiger charge is -2.34. The second-order valence-corrected chi connectivity index (χ2v) is 7.54. The van der Waals surface area contributed by atoms with Crippen LogP contribution in [0.2, 0.25) is 0 Å². The molecule has 1 fully saturated rings. The molecule has 0 unspecified atom stereocenters. The van der Waals surface area contributed by atoms with Gasteiger partial charge < -0.3 is 16.0 Å². The summed E-state index contributed by atoms with van der Waals surface area (Å²) in [4.78, 5) is 11.1. The molecule has 28 heavy (non-hydrogen) atoms. The smallest absolute Gasteiger partial charge is 0.248 e. The molecule has 3 N–H and O–H groups in total. The Kier molecular flexibility index (Phi) is 5.25. The highest BCUT2D eigenvalue weighted by atomic mass is 15.4. The van der Waals surface area contributed by atoms with E-state index in [2.05, 4.69) is 63.4 Å². The number of nitrogens with zero attached hydrogens (tertiary/aromatic N) is 5. The number of likely N-dealkylation sites (tertiary alicyclic amines) is 1. The number of nitrogens with two attached hydrogens (primary N) is 1. The molecule has 2 aromatic heterocycles. The fraction of sp³-hybridized carbons (Fsp3) is 0.381. The van der Waals surface area contributed by atoms with Crippen LogP contribution in [0, 0.1) is 0 Å². The molecule has 7 heteroatoms. The van der Waals surface area contributed by atoms with Gasteiger partial charge in [0.15, 0.2) is 5.82 Å². The van der Waals surface area contributed by atoms with E-state index in [1.807, 2.05) is 18.2 Å². The predicted molar refractivity (Wildman–Crippen MR) is 112 cm³/mol. The normalized spacial score (nSPS) is 15.8. The van der Waals surface area contributed by atoms with Gasteiger partial charge in [-0.05, 0) is 75.5 Å². The third kappa shape index (κ3) is 3.99. The van der Waals surface area contributed by atoms with Gasteiger partial charge in [-0.15, -0.1) is 5.10 Å². The summed E-state index contributed by atoms with van der Waals surface area (Å²) in [6, 6.07) is 14.8. The van der Waals surface area contributed by atoms with Crippen molar-refractivity contribution in [3.05, 3.63) is 54.2 Å². The van der Waals surface area contributed by atoms with Crippen molar-refractivity contribution in [1.82, 2.24) is 24.6 Å². The largest absolute Gasteiger partial charge is 0.368 e. The summed E-state index contributed by atoms with van der Waals surface area (Å²) in [5, 5.41) is 7.64. The van der Waals surface area contributed by atoms with Crippen LogP contribution in [0.25, 0.3) is 5.82 Å². The zero-order valence-electron chi connectivity index (χ0n) is 16.4. The summed E-state index contributed by atoms with van der Waals surface area (Å²) >= 11 is 0. The summed E-state index contributed by atoms with van der Waals surface area (Å²) in [5.74, 6) is 2.04. The van der Waals surface area contributed by atoms with Crippen LogP contribution < -0.4 is 11.1 Å². The van der Waals surface area contributed by atoms with Gasteiger partial charge in [-0.25, -0.2) is 4.98 Å². The van der Waals surface area contributed by atoms with Crippen LogP contribution in [0.3, 0.4) is 0 Å². The first kappa shape index (κ1) is 18.4. The molecule has 0 saturated carbocycles. The van der Waals surface area contributed by atoms with Gasteiger partial charge in [-0.2, -0.15) is 9.67 Å². The summed E-state index contributed by atoms with van der Waals surface area (Å²) in [6.07, 6.45) is 4.14. The molecule has 0 aliphatic carbocycles. The van der Waals surface area contributed by atoms with Crippen molar-refractivity contribution in [3.63, 3.8) is 0 Å². The summed E-state index contributed by atoms with van der Waals surface area (Å²) in [5.41, 5.74) is 8.34. The zero-order valence-corrected chi connectivity index (χ0v) is 16.4. The summed E-state index contributed by atoms with van der Waals surface area (Å²) in [7, 11) is 0. The number of piperidine rings is 1. The van der Waals surface area contributed by atoms with Gasteiger partial charge >= 0.3 is 0 Å². The number of rotatable bonds is 5. The first-order valence-corrected chi connectivity index (χ1v) is 9.85. The Morgan fingerprint density at radius 3 is 2.46 bits per heavy atom. The van der Waals surface area contributed by atoms with Crippen LogP contribution in [0.4, 0.5) is 17.6 Å². The van der Waals surface area contributed by atoms with E-state index in [1.54, 1.807) is 6.20 Å². The van der Waals surface area contributed by atoms with Gasteiger partial charge in [0.1, 0.15) is 0 Å². The lowest BCUT2D eigenvalue weighted by Crippen LogP contribution is -2.37. The summed E-state index contributed by atoms with van der Waals surface area (Å²) < 4.78 is 1.53. The lowest BCUT2D eigenvalue weighted by atomic mass is 9.89. The van der Waals surface area contributed by atoms with Crippen molar-refractivity contribution in [2.75, 3.05) is 24.1 Å². The quantitative estimate of drug-likeness (QED) is 0.707. The van der Waals surface area contributed by atoms with E-state index in [-0.39, 0.29) is 0 Å². The van der Waals surface area contributed by atoms with Crippen molar-refractivity contribution in [1.29, 1.82) is 0 Å². The fourth-order valence-electron chi connectivity index (χ4n) is 3.74. The Morgan fingerprint density at radius 2 is 1.82 bits per heavy atom. The molecule has 4 rings (SSSR count). The first-order valence-electron chi connectivity index (χ1n) is 9.85. The van der Waals surface area contributed by atoms with Gasteiger partial charge in [0.05, 0.1) is 0 Å². The number of hydrogen-bond donors (Lipinski definition) is 2. The Morgan fingerprint density at radius 1 is 1.07 bits per heavy atom. The molecule has 1 aliphatic rings. The molecule has 1 aliphatic heterocycles. The maximum Gasteiger partial charge on any atom is 0.248 e. The number of hydrogen-bond acceptors (Lipinski definition) is 6. The van der Waals surface area contributed by atoms with Gasteiger partial charge in [-0.3, -0.25) is 0 Å². The minimum Gasteiger partial charge on any atom is -0.368 e. The topological polar surface area (TPSA) is 84.9 Å². The minimum atomic E-state index is 0.301. The van der Waals surface area contributed by atoms with Crippen molar-refractivity contribution in [2.45, 2.75) is 38.6 Å². The van der Waals surface area contributed by atoms with Crippen molar-refractivity contribution >= 4 is 17.6 Å². The molecule has 0 spiro atoms. The molecule has 1 saturated heterocycles. The van der Waals surface area contributed by atoms with Crippen LogP contribution in [-0.2, 0) is 0 Å². The van der Waals surface area contributed by atoms with Crippen LogP contribution in [-0.4, -0.2) is 43.8 Å². The molecular weight excluding hydrogens is 350 g/mol. The van der Waals surface area contributed by atoms with Gasteiger partial charge in [0.25, 0.3) is 0 Å². The Hall–Kier alpha value is -2.93. The van der Waals surface area contributed by atoms with Crippen molar-refractivity contribution in [2.24, 2.45) is 0 Å². The number of anilines is 3. The van der Waals surface area contributed by atoms with E-state index in [9.17, 15) is 0 Å². The highest BCUT2D eigenvalue weighted by Crippen LogP contribution is 2.30. The minimum absolute atomic E-state index is 0.301. The van der Waals surface area contributed by atoms with E-state index >= 15 is 0 Å². The highest BCUT2D eigenvalue weighted by Gasteiger charge is 2.21. The van der Waals surface area contributed by atoms with Crippen LogP contribution in [0.5, 0.6) is 0 Å². The Labute approximate surface area is 165 Å². The standard InChI is InChI=1S/C21H27N7/c1-15(2)27-13-10-17(11-14-27)16-6-8-18(9-7-16)24-21-25-20(22)28(26-21)19-5-3-4-12-23-19/h3-9,12,15,17H,10-11,13-14H2,1-2H3,(H3,22,24,25,26). The number of nitrogens with one attached hydrogen (secondary N) is 1. The average Bonchev–Trinajstić information content (AvgIpc) is 3.09. The van der Waals surface area contributed by atoms with E-state index in [0.717, 1.165) is 5.69 Å². The molecule has 3 aromatic rings. The van der Waals surface area contributed by atoms with Crippen molar-refractivity contribution in [3.8, 4) is 5.82 Å². The maximum absolute atomic E-state index is 5.99. The SMILES string of the molecule is CC(C)N1CCC(c2ccc(Nc3nc(N)n(-c4ccccn4)n3)cc2)CC1. The van der Waals surface area contributed by atoms with Crippen LogP contribution in [0.1, 0.15) is 38.2 Å². The van der Waals surface area contributed by atoms with Crippen LogP contribution >= 0.6 is 0 Å². The van der Waals surface area contributed by atoms with E-state index in [1.165, 1.54) is 36.2 Å². The number of pyridine rings is 1. The first-order chi connectivity index (χ1) is 13.6. The molecule has 0 bridgehead atoms. The molecule has 0 atom stereocenters. The van der Waals surface area contributed by atoms with E-state index < -0.39 is 0 Å².